The highest BCUT2D eigenvalue weighted by Gasteiger charge is 2.38. The van der Waals surface area contributed by atoms with Crippen molar-refractivity contribution in [2.75, 3.05) is 0 Å². The maximum Gasteiger partial charge on any atom is 0.206 e. The molecule has 220 valence electrons. The van der Waals surface area contributed by atoms with Crippen molar-refractivity contribution in [2.45, 2.75) is 35.0 Å². The van der Waals surface area contributed by atoms with Gasteiger partial charge in [-0.25, -0.2) is 8.42 Å². The first kappa shape index (κ1) is 27.4. The molecule has 6 aromatic rings. The Labute approximate surface area is 263 Å². The highest BCUT2D eigenvalue weighted by Crippen LogP contribution is 2.52. The molecule has 1 heterocycles. The van der Waals surface area contributed by atoms with Crippen LogP contribution in [-0.4, -0.2) is 8.42 Å². The molecule has 1 aliphatic carbocycles. The van der Waals surface area contributed by atoms with Crippen LogP contribution in [0.1, 0.15) is 47.6 Å². The Bertz CT molecular complexity index is 2150. The zero-order chi connectivity index (χ0) is 30.8. The third-order valence-electron chi connectivity index (χ3n) is 9.13. The minimum absolute atomic E-state index is 0.0673. The van der Waals surface area contributed by atoms with Crippen molar-refractivity contribution >= 4 is 9.84 Å². The van der Waals surface area contributed by atoms with Crippen LogP contribution >= 0.6 is 0 Å². The van der Waals surface area contributed by atoms with E-state index in [4.69, 9.17) is 9.47 Å². The fourth-order valence-electron chi connectivity index (χ4n) is 6.83. The predicted octanol–water partition coefficient (Wildman–Crippen LogP) is 9.90. The summed E-state index contributed by atoms with van der Waals surface area (Å²) in [6.45, 7) is 4.60. The Morgan fingerprint density at radius 2 is 1.02 bits per heavy atom. The van der Waals surface area contributed by atoms with Crippen molar-refractivity contribution in [1.29, 1.82) is 0 Å². The van der Waals surface area contributed by atoms with E-state index in [-0.39, 0.29) is 21.1 Å². The number of sulfone groups is 1. The summed E-state index contributed by atoms with van der Waals surface area (Å²) in [5.74, 6) is 2.66. The molecule has 0 fully saturated rings. The topological polar surface area (TPSA) is 52.6 Å². The summed E-state index contributed by atoms with van der Waals surface area (Å²) in [4.78, 5) is 0.532. The van der Waals surface area contributed by atoms with Gasteiger partial charge in [0.25, 0.3) is 0 Å². The molecule has 1 aliphatic heterocycles. The van der Waals surface area contributed by atoms with E-state index < -0.39 is 9.84 Å². The monoisotopic (exact) mass is 606 g/mol. The van der Waals surface area contributed by atoms with Crippen molar-refractivity contribution in [3.8, 4) is 34.1 Å². The lowest BCUT2D eigenvalue weighted by Crippen LogP contribution is -2.29. The second-order valence-corrected chi connectivity index (χ2v) is 14.1. The molecule has 2 aliphatic rings. The molecule has 0 aromatic heterocycles. The van der Waals surface area contributed by atoms with Crippen molar-refractivity contribution < 1.29 is 17.9 Å². The van der Waals surface area contributed by atoms with E-state index in [9.17, 15) is 8.42 Å². The zero-order valence-corrected chi connectivity index (χ0v) is 25.7. The third-order valence-corrected chi connectivity index (χ3v) is 10.9. The highest BCUT2D eigenvalue weighted by atomic mass is 32.2. The molecule has 0 unspecified atom stereocenters. The standard InChI is InChI=1S/C40H30O4S/c1-40(2)33-14-8-6-12-31(33)39(32-13-7-9-15-34(32)40)28-19-23-36-38(25-28)44-37-24-27(18-22-35(37)43-36)26-16-20-30(21-17-26)45(41,42)29-10-4-3-5-11-29/h3-25,39H,1-2H3. The van der Waals surface area contributed by atoms with Gasteiger partial charge in [-0.1, -0.05) is 105 Å². The Hall–Kier alpha value is -5.13. The first-order chi connectivity index (χ1) is 21.8. The molecular formula is C40H30O4S. The molecule has 0 saturated heterocycles. The van der Waals surface area contributed by atoms with Gasteiger partial charge in [0, 0.05) is 11.3 Å². The van der Waals surface area contributed by atoms with Gasteiger partial charge in [-0.05, 0) is 87.5 Å². The van der Waals surface area contributed by atoms with Gasteiger partial charge in [0.1, 0.15) is 0 Å². The van der Waals surface area contributed by atoms with Gasteiger partial charge < -0.3 is 9.47 Å². The van der Waals surface area contributed by atoms with Gasteiger partial charge in [0.2, 0.25) is 9.84 Å². The number of benzene rings is 6. The number of hydrogen-bond donors (Lipinski definition) is 0. The Morgan fingerprint density at radius 1 is 0.511 bits per heavy atom. The Balaban J connectivity index is 1.12. The molecule has 0 saturated carbocycles. The fourth-order valence-corrected chi connectivity index (χ4v) is 8.11. The SMILES string of the molecule is CC1(C)c2ccccc2C(c2ccc3c(c2)Oc2cc(-c4ccc(S(=O)(=O)c5ccccc5)cc4)ccc2O3)c2ccccc21. The second kappa shape index (κ2) is 10.2. The minimum atomic E-state index is -3.59. The van der Waals surface area contributed by atoms with E-state index in [0.29, 0.717) is 23.0 Å². The van der Waals surface area contributed by atoms with Gasteiger partial charge in [-0.15, -0.1) is 0 Å². The Morgan fingerprint density at radius 3 is 1.69 bits per heavy atom. The highest BCUT2D eigenvalue weighted by molar-refractivity contribution is 7.91. The summed E-state index contributed by atoms with van der Waals surface area (Å²) in [6, 6.07) is 44.9. The van der Waals surface area contributed by atoms with E-state index >= 15 is 0 Å². The normalized spacial score (nSPS) is 14.6. The van der Waals surface area contributed by atoms with Crippen molar-refractivity contribution in [1.82, 2.24) is 0 Å². The van der Waals surface area contributed by atoms with Crippen LogP contribution < -0.4 is 9.47 Å². The second-order valence-electron chi connectivity index (χ2n) is 12.1. The lowest BCUT2D eigenvalue weighted by Gasteiger charge is -2.39. The summed E-state index contributed by atoms with van der Waals surface area (Å²) in [7, 11) is -3.59. The van der Waals surface area contributed by atoms with Crippen LogP contribution in [-0.2, 0) is 15.3 Å². The van der Waals surface area contributed by atoms with E-state index in [1.165, 1.54) is 22.3 Å². The molecule has 5 heteroatoms. The lowest BCUT2D eigenvalue weighted by molar-refractivity contribution is 0.359. The number of ether oxygens (including phenoxy) is 2. The first-order valence-corrected chi connectivity index (χ1v) is 16.5. The molecule has 0 radical (unpaired) electrons. The number of hydrogen-bond acceptors (Lipinski definition) is 4. The maximum atomic E-state index is 13.1. The van der Waals surface area contributed by atoms with Crippen LogP contribution in [0.2, 0.25) is 0 Å². The summed E-state index contributed by atoms with van der Waals surface area (Å²) in [6.07, 6.45) is 0. The summed E-state index contributed by atoms with van der Waals surface area (Å²) in [5.41, 5.74) is 8.10. The predicted molar refractivity (Wildman–Crippen MR) is 176 cm³/mol. The molecule has 45 heavy (non-hydrogen) atoms. The fraction of sp³-hybridized carbons (Fsp3) is 0.100. The minimum Gasteiger partial charge on any atom is -0.450 e. The smallest absolute Gasteiger partial charge is 0.206 e. The van der Waals surface area contributed by atoms with Gasteiger partial charge in [0.15, 0.2) is 23.0 Å². The van der Waals surface area contributed by atoms with E-state index in [1.54, 1.807) is 42.5 Å². The maximum absolute atomic E-state index is 13.1. The average molecular weight is 607 g/mol. The average Bonchev–Trinajstić information content (AvgIpc) is 3.08. The summed E-state index contributed by atoms with van der Waals surface area (Å²) in [5, 5.41) is 0. The van der Waals surface area contributed by atoms with E-state index in [2.05, 4.69) is 74.5 Å². The largest absolute Gasteiger partial charge is 0.450 e. The lowest BCUT2D eigenvalue weighted by atomic mass is 9.64. The van der Waals surface area contributed by atoms with Gasteiger partial charge in [-0.3, -0.25) is 0 Å². The van der Waals surface area contributed by atoms with Crippen LogP contribution in [0.15, 0.2) is 149 Å². The van der Waals surface area contributed by atoms with Gasteiger partial charge in [-0.2, -0.15) is 0 Å². The van der Waals surface area contributed by atoms with E-state index in [0.717, 1.165) is 16.7 Å². The quantitative estimate of drug-likeness (QED) is 0.200. The molecule has 8 rings (SSSR count). The number of fused-ring (bicyclic) bond motifs is 4. The van der Waals surface area contributed by atoms with Crippen LogP contribution in [0.4, 0.5) is 0 Å². The van der Waals surface area contributed by atoms with Crippen LogP contribution in [0.3, 0.4) is 0 Å². The summed E-state index contributed by atoms with van der Waals surface area (Å²) >= 11 is 0. The summed E-state index contributed by atoms with van der Waals surface area (Å²) < 4.78 is 38.9. The van der Waals surface area contributed by atoms with Crippen LogP contribution in [0, 0.1) is 0 Å². The first-order valence-electron chi connectivity index (χ1n) is 15.0. The molecule has 4 nitrogen and oxygen atoms in total. The van der Waals surface area contributed by atoms with Crippen LogP contribution in [0.25, 0.3) is 11.1 Å². The molecular weight excluding hydrogens is 577 g/mol. The van der Waals surface area contributed by atoms with Gasteiger partial charge in [0.05, 0.1) is 9.79 Å². The van der Waals surface area contributed by atoms with Crippen molar-refractivity contribution in [3.05, 3.63) is 167 Å². The Kier molecular flexibility index (Phi) is 6.23. The molecule has 0 atom stereocenters. The van der Waals surface area contributed by atoms with E-state index in [1.807, 2.05) is 36.4 Å². The molecule has 6 aromatic carbocycles. The number of rotatable bonds is 4. The molecule has 0 amide bonds. The van der Waals surface area contributed by atoms with Crippen LogP contribution in [0.5, 0.6) is 23.0 Å². The molecule has 0 spiro atoms. The van der Waals surface area contributed by atoms with Crippen molar-refractivity contribution in [3.63, 3.8) is 0 Å². The third kappa shape index (κ3) is 4.46. The van der Waals surface area contributed by atoms with Gasteiger partial charge >= 0.3 is 0 Å². The van der Waals surface area contributed by atoms with Crippen molar-refractivity contribution in [2.24, 2.45) is 0 Å². The molecule has 0 bridgehead atoms. The molecule has 0 N–H and O–H groups in total. The zero-order valence-electron chi connectivity index (χ0n) is 24.9.